The summed E-state index contributed by atoms with van der Waals surface area (Å²) in [5, 5.41) is 5.76. The summed E-state index contributed by atoms with van der Waals surface area (Å²) in [5.74, 6) is 0.654. The van der Waals surface area contributed by atoms with Gasteiger partial charge in [-0.1, -0.05) is 29.3 Å². The van der Waals surface area contributed by atoms with Crippen molar-refractivity contribution in [2.75, 3.05) is 18.6 Å². The fraction of sp³-hybridized carbons (Fsp3) is 0.167. The zero-order valence-electron chi connectivity index (χ0n) is 18.4. The number of amides is 1. The highest BCUT2D eigenvalue weighted by atomic mass is 35.5. The molecule has 1 saturated heterocycles. The highest BCUT2D eigenvalue weighted by Gasteiger charge is 2.32. The topological polar surface area (TPSA) is 103 Å². The summed E-state index contributed by atoms with van der Waals surface area (Å²) in [6.07, 6.45) is 0.250. The van der Waals surface area contributed by atoms with Crippen LogP contribution in [-0.2, 0) is 14.8 Å². The molecule has 0 aromatic heterocycles. The summed E-state index contributed by atoms with van der Waals surface area (Å²) < 4.78 is 34.2. The van der Waals surface area contributed by atoms with E-state index in [2.05, 4.69) is 4.85 Å². The molecule has 1 aliphatic rings. The van der Waals surface area contributed by atoms with Crippen LogP contribution in [0.25, 0.3) is 4.85 Å². The number of anilines is 1. The van der Waals surface area contributed by atoms with Crippen molar-refractivity contribution in [3.05, 3.63) is 81.6 Å². The number of primary sulfonamides is 1. The van der Waals surface area contributed by atoms with E-state index in [1.807, 2.05) is 6.07 Å². The molecule has 2 N–H and O–H groups in total. The van der Waals surface area contributed by atoms with Crippen molar-refractivity contribution >= 4 is 50.5 Å². The number of carbonyl (C=O) groups is 1. The second-order valence-corrected chi connectivity index (χ2v) is 10.2. The number of nitrogens with zero attached hydrogens (tertiary/aromatic N) is 2. The van der Waals surface area contributed by atoms with Crippen molar-refractivity contribution in [2.45, 2.75) is 17.2 Å². The monoisotopic (exact) mass is 531 g/mol. The Morgan fingerprint density at radius 1 is 1.03 bits per heavy atom. The largest absolute Gasteiger partial charge is 0.495 e. The maximum atomic E-state index is 12.7. The van der Waals surface area contributed by atoms with E-state index in [0.29, 0.717) is 28.8 Å². The van der Waals surface area contributed by atoms with Crippen molar-refractivity contribution < 1.29 is 22.7 Å². The van der Waals surface area contributed by atoms with Gasteiger partial charge in [-0.2, -0.15) is 0 Å². The molecule has 1 atom stereocenters. The van der Waals surface area contributed by atoms with Crippen molar-refractivity contribution in [2.24, 2.45) is 5.14 Å². The number of hydrogen-bond acceptors (Lipinski definition) is 5. The van der Waals surface area contributed by atoms with Gasteiger partial charge in [0, 0.05) is 30.6 Å². The molecule has 1 aliphatic heterocycles. The molecule has 1 amide bonds. The van der Waals surface area contributed by atoms with Crippen LogP contribution in [0.15, 0.2) is 59.5 Å². The first-order valence-electron chi connectivity index (χ1n) is 10.3. The van der Waals surface area contributed by atoms with Gasteiger partial charge in [0.1, 0.15) is 17.2 Å². The molecule has 11 heteroatoms. The van der Waals surface area contributed by atoms with Gasteiger partial charge in [0.25, 0.3) is 0 Å². The van der Waals surface area contributed by atoms with E-state index in [4.69, 9.17) is 44.4 Å². The van der Waals surface area contributed by atoms with Crippen LogP contribution >= 0.6 is 23.2 Å². The van der Waals surface area contributed by atoms with E-state index >= 15 is 0 Å². The summed E-state index contributed by atoms with van der Waals surface area (Å²) in [6, 6.07) is 14.0. The molecule has 3 aromatic rings. The molecule has 35 heavy (non-hydrogen) atoms. The van der Waals surface area contributed by atoms with Gasteiger partial charge in [-0.15, -0.1) is 0 Å². The Hall–Kier alpha value is -3.29. The van der Waals surface area contributed by atoms with Crippen LogP contribution in [-0.4, -0.2) is 28.0 Å². The molecule has 3 aromatic carbocycles. The van der Waals surface area contributed by atoms with Gasteiger partial charge in [-0.05, 0) is 48.0 Å². The first-order valence-corrected chi connectivity index (χ1v) is 12.6. The second-order valence-electron chi connectivity index (χ2n) is 7.80. The normalized spacial score (nSPS) is 15.7. The van der Waals surface area contributed by atoms with Crippen LogP contribution in [0.3, 0.4) is 0 Å². The van der Waals surface area contributed by atoms with Gasteiger partial charge < -0.3 is 14.4 Å². The molecule has 1 fully saturated rings. The van der Waals surface area contributed by atoms with Crippen molar-refractivity contribution in [1.82, 2.24) is 0 Å². The Morgan fingerprint density at radius 2 is 1.74 bits per heavy atom. The molecule has 0 saturated carbocycles. The number of nitrogens with two attached hydrogens (primary N) is 1. The number of methoxy groups -OCH3 is 1. The SMILES string of the molecule is [C-]#[N+]c1cc(Cl)c(OC)cc1Oc1cc([C@H]2CC(=O)N(c3ccc(S(N)(=O)=O)cc3)C2)ccc1Cl. The molecule has 0 unspecified atom stereocenters. The molecule has 0 aliphatic carbocycles. The summed E-state index contributed by atoms with van der Waals surface area (Å²) in [7, 11) is -2.36. The van der Waals surface area contributed by atoms with Crippen molar-refractivity contribution in [3.8, 4) is 17.2 Å². The number of hydrogen-bond donors (Lipinski definition) is 1. The third-order valence-corrected chi connectivity index (χ3v) is 7.14. The molecule has 180 valence electrons. The van der Waals surface area contributed by atoms with Gasteiger partial charge in [0.2, 0.25) is 21.6 Å². The van der Waals surface area contributed by atoms with Crippen molar-refractivity contribution in [3.63, 3.8) is 0 Å². The van der Waals surface area contributed by atoms with Gasteiger partial charge >= 0.3 is 0 Å². The first kappa shape index (κ1) is 24.8. The standard InChI is InChI=1S/C24H19Cl2N3O5S/c1-28-20-11-19(26)21(33-2)12-23(20)34-22-9-14(3-8-18(22)25)15-10-24(30)29(13-15)16-4-6-17(7-5-16)35(27,31)32/h3-9,11-12,15H,10,13H2,2H3,(H2,27,31,32)/t15-/m0/s1. The smallest absolute Gasteiger partial charge is 0.238 e. The second kappa shape index (κ2) is 9.76. The zero-order chi connectivity index (χ0) is 25.3. The van der Waals surface area contributed by atoms with Crippen LogP contribution < -0.4 is 19.5 Å². The van der Waals surface area contributed by atoms with Crippen LogP contribution in [0.1, 0.15) is 17.9 Å². The fourth-order valence-corrected chi connectivity index (χ4v) is 4.72. The summed E-state index contributed by atoms with van der Waals surface area (Å²) in [5.41, 5.74) is 1.60. The van der Waals surface area contributed by atoms with Gasteiger partial charge in [0.15, 0.2) is 0 Å². The predicted molar refractivity (Wildman–Crippen MR) is 133 cm³/mol. The average Bonchev–Trinajstić information content (AvgIpc) is 3.22. The Labute approximate surface area is 212 Å². The lowest BCUT2D eigenvalue weighted by Gasteiger charge is -2.18. The number of sulfonamides is 1. The molecule has 0 bridgehead atoms. The number of ether oxygens (including phenoxy) is 2. The van der Waals surface area contributed by atoms with Gasteiger partial charge in [0.05, 0.1) is 28.6 Å². The number of halogens is 2. The number of carbonyl (C=O) groups excluding carboxylic acids is 1. The Balaban J connectivity index is 1.59. The summed E-state index contributed by atoms with van der Waals surface area (Å²) >= 11 is 12.5. The van der Waals surface area contributed by atoms with Crippen molar-refractivity contribution in [1.29, 1.82) is 0 Å². The maximum Gasteiger partial charge on any atom is 0.238 e. The van der Waals surface area contributed by atoms with E-state index in [1.165, 1.54) is 31.4 Å². The van der Waals surface area contributed by atoms with Crippen LogP contribution in [0.2, 0.25) is 10.0 Å². The van der Waals surface area contributed by atoms with Crippen LogP contribution in [0, 0.1) is 6.57 Å². The molecule has 4 rings (SSSR count). The van der Waals surface area contributed by atoms with Gasteiger partial charge in [-0.3, -0.25) is 4.79 Å². The lowest BCUT2D eigenvalue weighted by atomic mass is 9.98. The average molecular weight is 532 g/mol. The number of benzene rings is 3. The van der Waals surface area contributed by atoms with E-state index in [1.54, 1.807) is 29.2 Å². The Kier molecular flexibility index (Phi) is 6.92. The third-order valence-electron chi connectivity index (χ3n) is 5.60. The molecular weight excluding hydrogens is 513 g/mol. The quantitative estimate of drug-likeness (QED) is 0.422. The lowest BCUT2D eigenvalue weighted by molar-refractivity contribution is -0.117. The zero-order valence-corrected chi connectivity index (χ0v) is 20.7. The highest BCUT2D eigenvalue weighted by molar-refractivity contribution is 7.89. The molecule has 1 heterocycles. The molecule has 8 nitrogen and oxygen atoms in total. The Morgan fingerprint density at radius 3 is 2.37 bits per heavy atom. The lowest BCUT2D eigenvalue weighted by Crippen LogP contribution is -2.24. The minimum absolute atomic E-state index is 0.0263. The summed E-state index contributed by atoms with van der Waals surface area (Å²) in [6.45, 7) is 7.80. The van der Waals surface area contributed by atoms with Crippen LogP contribution in [0.4, 0.5) is 11.4 Å². The molecule has 0 spiro atoms. The van der Waals surface area contributed by atoms with E-state index in [-0.39, 0.29) is 39.6 Å². The molecule has 0 radical (unpaired) electrons. The third kappa shape index (κ3) is 5.21. The fourth-order valence-electron chi connectivity index (χ4n) is 3.82. The van der Waals surface area contributed by atoms with E-state index < -0.39 is 10.0 Å². The van der Waals surface area contributed by atoms with Gasteiger partial charge in [-0.25, -0.2) is 18.4 Å². The number of rotatable bonds is 6. The minimum atomic E-state index is -3.82. The minimum Gasteiger partial charge on any atom is -0.495 e. The summed E-state index contributed by atoms with van der Waals surface area (Å²) in [4.78, 5) is 17.8. The molecular formula is C24H19Cl2N3O5S. The predicted octanol–water partition coefficient (Wildman–Crippen LogP) is 5.51. The maximum absolute atomic E-state index is 12.7. The first-order chi connectivity index (χ1) is 16.6. The highest BCUT2D eigenvalue weighted by Crippen LogP contribution is 2.43. The van der Waals surface area contributed by atoms with Crippen LogP contribution in [0.5, 0.6) is 17.2 Å². The van der Waals surface area contributed by atoms with E-state index in [9.17, 15) is 13.2 Å². The Bertz CT molecular complexity index is 1450. The van der Waals surface area contributed by atoms with E-state index in [0.717, 1.165) is 5.56 Å².